The van der Waals surface area contributed by atoms with Gasteiger partial charge >= 0.3 is 5.97 Å². The van der Waals surface area contributed by atoms with Gasteiger partial charge in [-0.05, 0) is 104 Å². The molecule has 9 atom stereocenters. The van der Waals surface area contributed by atoms with E-state index in [0.29, 0.717) is 37.2 Å². The minimum absolute atomic E-state index is 0.0460. The molecule has 10 N–H and O–H groups in total. The number of phenols is 2. The summed E-state index contributed by atoms with van der Waals surface area (Å²) in [7, 11) is 1.45. The fourth-order valence-corrected chi connectivity index (χ4v) is 11.3. The van der Waals surface area contributed by atoms with Gasteiger partial charge in [0.15, 0.2) is 29.8 Å². The monoisotopic (exact) mass is 805 g/mol. The molecular formula is C44H59N3O11. The average Bonchev–Trinajstić information content (AvgIpc) is 3.84. The van der Waals surface area contributed by atoms with Crippen LogP contribution < -0.4 is 30.6 Å². The molecule has 3 heterocycles. The van der Waals surface area contributed by atoms with Crippen LogP contribution >= 0.6 is 0 Å². The van der Waals surface area contributed by atoms with Crippen molar-refractivity contribution in [3.63, 3.8) is 0 Å². The Hall–Kier alpha value is -4.47. The number of carboxylic acid groups (broad SMARTS) is 1. The number of hydrogen-bond acceptors (Lipinski definition) is 13. The van der Waals surface area contributed by atoms with Crippen molar-refractivity contribution in [2.24, 2.45) is 34.3 Å². The number of carboxylic acids is 1. The minimum atomic E-state index is -0.883. The molecule has 2 aliphatic carbocycles. The third kappa shape index (κ3) is 7.72. The van der Waals surface area contributed by atoms with Crippen molar-refractivity contribution in [2.45, 2.75) is 95.1 Å². The van der Waals surface area contributed by atoms with Gasteiger partial charge in [-0.25, -0.2) is 0 Å². The Morgan fingerprint density at radius 3 is 2.52 bits per heavy atom. The predicted octanol–water partition coefficient (Wildman–Crippen LogP) is 4.15. The Bertz CT molecular complexity index is 1890. The van der Waals surface area contributed by atoms with E-state index < -0.39 is 54.4 Å². The van der Waals surface area contributed by atoms with Crippen LogP contribution in [-0.4, -0.2) is 94.6 Å². The summed E-state index contributed by atoms with van der Waals surface area (Å²) in [5, 5.41) is 70.3. The number of ether oxygens (including phenoxy) is 4. The molecule has 14 nitrogen and oxygen atoms in total. The van der Waals surface area contributed by atoms with Gasteiger partial charge in [0.05, 0.1) is 37.2 Å². The summed E-state index contributed by atoms with van der Waals surface area (Å²) in [4.78, 5) is 13.4. The number of phenolic OH excluding ortho intramolecular Hbond substituents is 2. The van der Waals surface area contributed by atoms with E-state index in [1.807, 2.05) is 12.2 Å². The second-order valence-electron chi connectivity index (χ2n) is 16.8. The molecule has 0 radical (unpaired) electrons. The van der Waals surface area contributed by atoms with Crippen LogP contribution in [-0.2, 0) is 16.0 Å². The third-order valence-electron chi connectivity index (χ3n) is 13.6. The number of dihydropyridines is 1. The first kappa shape index (κ1) is 41.7. The molecule has 14 heteroatoms. The molecule has 0 aromatic heterocycles. The van der Waals surface area contributed by atoms with Crippen molar-refractivity contribution in [1.29, 1.82) is 0 Å². The van der Waals surface area contributed by atoms with E-state index in [9.17, 15) is 35.4 Å². The van der Waals surface area contributed by atoms with Gasteiger partial charge in [0, 0.05) is 42.5 Å². The fraction of sp³-hybridized carbons (Fsp3) is 0.568. The van der Waals surface area contributed by atoms with Crippen LogP contribution in [0.1, 0.15) is 75.5 Å². The van der Waals surface area contributed by atoms with Crippen molar-refractivity contribution >= 4 is 5.97 Å². The molecule has 5 aliphatic rings. The number of aliphatic hydroxyl groups is 3. The number of aromatic hydroxyl groups is 2. The van der Waals surface area contributed by atoms with Gasteiger partial charge in [-0.15, -0.1) is 0 Å². The molecule has 2 aromatic rings. The van der Waals surface area contributed by atoms with Crippen LogP contribution in [0.5, 0.6) is 28.7 Å². The lowest BCUT2D eigenvalue weighted by atomic mass is 9.46. The maximum absolute atomic E-state index is 13.4. The van der Waals surface area contributed by atoms with Crippen LogP contribution in [0.25, 0.3) is 0 Å². The molecule has 3 aliphatic heterocycles. The Labute approximate surface area is 339 Å². The lowest BCUT2D eigenvalue weighted by Gasteiger charge is -2.61. The third-order valence-corrected chi connectivity index (χ3v) is 13.6. The van der Waals surface area contributed by atoms with Crippen LogP contribution in [0.4, 0.5) is 0 Å². The largest absolute Gasteiger partial charge is 0.504 e. The SMILES string of the molecule is COc1cc(C2OC(CCc3ccc(O)c(OCO)c3)CC(O)C2CCO)cc(OCC2NC(C)CC3(CCCC3)C23C(C(=O)O)C=CC3C2=CCNC(N)=C2)c1O. The smallest absolute Gasteiger partial charge is 0.311 e. The van der Waals surface area contributed by atoms with Crippen LogP contribution in [0.3, 0.4) is 0 Å². The molecule has 0 amide bonds. The Morgan fingerprint density at radius 2 is 1.81 bits per heavy atom. The zero-order valence-electron chi connectivity index (χ0n) is 33.3. The first-order chi connectivity index (χ1) is 27.9. The van der Waals surface area contributed by atoms with E-state index in [1.165, 1.54) is 13.2 Å². The number of piperidine rings is 1. The van der Waals surface area contributed by atoms with Gasteiger partial charge in [-0.1, -0.05) is 37.1 Å². The van der Waals surface area contributed by atoms with Crippen LogP contribution in [0, 0.1) is 28.6 Å². The molecule has 2 spiro atoms. The number of methoxy groups -OCH3 is 1. The summed E-state index contributed by atoms with van der Waals surface area (Å²) in [5.74, 6) is -1.73. The quantitative estimate of drug-likeness (QED) is 0.0967. The Balaban J connectivity index is 1.21. The zero-order chi connectivity index (χ0) is 41.2. The molecular weight excluding hydrogens is 746 g/mol. The highest BCUT2D eigenvalue weighted by Crippen LogP contribution is 2.68. The number of fused-ring (bicyclic) bond motifs is 1. The highest BCUT2D eigenvalue weighted by atomic mass is 16.6. The van der Waals surface area contributed by atoms with Crippen LogP contribution in [0.2, 0.25) is 0 Å². The van der Waals surface area contributed by atoms with Crippen LogP contribution in [0.15, 0.2) is 66.0 Å². The number of aliphatic hydroxyl groups excluding tert-OH is 3. The van der Waals surface area contributed by atoms with Crippen molar-refractivity contribution in [2.75, 3.05) is 33.7 Å². The molecule has 316 valence electrons. The maximum atomic E-state index is 13.4. The highest BCUT2D eigenvalue weighted by molar-refractivity contribution is 5.75. The number of aliphatic carboxylic acids is 1. The number of allylic oxidation sites excluding steroid dienone is 3. The van der Waals surface area contributed by atoms with E-state index in [0.717, 1.165) is 43.2 Å². The number of aryl methyl sites for hydroxylation is 1. The summed E-state index contributed by atoms with van der Waals surface area (Å²) in [6.45, 7) is 1.98. The lowest BCUT2D eigenvalue weighted by molar-refractivity contribution is -0.160. The Morgan fingerprint density at radius 1 is 1.03 bits per heavy atom. The number of nitrogens with two attached hydrogens (primary N) is 1. The van der Waals surface area contributed by atoms with E-state index in [4.69, 9.17) is 24.7 Å². The normalized spacial score (nSPS) is 31.5. The molecule has 2 saturated heterocycles. The number of benzene rings is 2. The second kappa shape index (κ2) is 17.4. The average molecular weight is 806 g/mol. The van der Waals surface area contributed by atoms with E-state index >= 15 is 0 Å². The number of rotatable bonds is 14. The van der Waals surface area contributed by atoms with Crippen molar-refractivity contribution in [3.8, 4) is 28.7 Å². The minimum Gasteiger partial charge on any atom is -0.504 e. The highest BCUT2D eigenvalue weighted by Gasteiger charge is 2.68. The summed E-state index contributed by atoms with van der Waals surface area (Å²) in [5.41, 5.74) is 7.61. The van der Waals surface area contributed by atoms with Crippen molar-refractivity contribution in [3.05, 3.63) is 77.2 Å². The number of nitrogens with one attached hydrogen (secondary N) is 2. The summed E-state index contributed by atoms with van der Waals surface area (Å²) in [6, 6.07) is 7.91. The van der Waals surface area contributed by atoms with E-state index in [-0.39, 0.29) is 65.8 Å². The van der Waals surface area contributed by atoms with E-state index in [2.05, 4.69) is 29.7 Å². The van der Waals surface area contributed by atoms with Gasteiger partial charge in [0.1, 0.15) is 6.61 Å². The summed E-state index contributed by atoms with van der Waals surface area (Å²) in [6.07, 6.45) is 12.3. The molecule has 1 saturated carbocycles. The zero-order valence-corrected chi connectivity index (χ0v) is 33.3. The molecule has 0 bridgehead atoms. The number of carbonyl (C=O) groups is 1. The van der Waals surface area contributed by atoms with Crippen molar-refractivity contribution in [1.82, 2.24) is 10.6 Å². The van der Waals surface area contributed by atoms with Gasteiger partial charge in [-0.3, -0.25) is 4.79 Å². The first-order valence-electron chi connectivity index (χ1n) is 20.6. The predicted molar refractivity (Wildman–Crippen MR) is 214 cm³/mol. The maximum Gasteiger partial charge on any atom is 0.311 e. The second-order valence-corrected chi connectivity index (χ2v) is 16.8. The van der Waals surface area contributed by atoms with Gasteiger partial charge in [0.25, 0.3) is 0 Å². The first-order valence-corrected chi connectivity index (χ1v) is 20.6. The molecule has 2 aromatic carbocycles. The van der Waals surface area contributed by atoms with Gasteiger partial charge in [-0.2, -0.15) is 0 Å². The standard InChI is InChI=1S/C44H59N3O11/c1-25-22-43(13-3-4-14-43)44(31(8-9-32(44)42(53)54)27-11-15-46-39(45)20-27)38(47-25)23-56-37-19-28(18-36(55-2)40(37)52)41-30(12-16-48)34(51)21-29(58-41)7-5-26-6-10-33(50)35(17-26)57-24-49/h6,8-11,17-20,25,29-32,34,38,41,46-52H,3-5,7,12-16,21-24,45H2,1-2H3,(H,53,54). The van der Waals surface area contributed by atoms with Crippen molar-refractivity contribution < 1.29 is 54.4 Å². The molecule has 7 rings (SSSR count). The summed E-state index contributed by atoms with van der Waals surface area (Å²) >= 11 is 0. The topological polar surface area (TPSA) is 225 Å². The van der Waals surface area contributed by atoms with Gasteiger partial charge < -0.3 is 66.0 Å². The van der Waals surface area contributed by atoms with Gasteiger partial charge in [0.2, 0.25) is 5.75 Å². The molecule has 58 heavy (non-hydrogen) atoms. The lowest BCUT2D eigenvalue weighted by Crippen LogP contribution is -2.69. The number of hydrogen-bond donors (Lipinski definition) is 9. The fourth-order valence-electron chi connectivity index (χ4n) is 11.3. The molecule has 3 fully saturated rings. The Kier molecular flexibility index (Phi) is 12.5. The summed E-state index contributed by atoms with van der Waals surface area (Å²) < 4.78 is 24.2. The molecule has 9 unspecified atom stereocenters. The van der Waals surface area contributed by atoms with E-state index in [1.54, 1.807) is 24.3 Å².